The molecule has 0 bridgehead atoms. The minimum atomic E-state index is -0.0411. The number of amides is 1. The molecule has 1 atom stereocenters. The molecule has 0 spiro atoms. The third kappa shape index (κ3) is 6.77. The monoisotopic (exact) mass is 474 g/mol. The predicted molar refractivity (Wildman–Crippen MR) is 139 cm³/mol. The summed E-state index contributed by atoms with van der Waals surface area (Å²) in [5.41, 5.74) is 1.99. The van der Waals surface area contributed by atoms with Gasteiger partial charge in [-0.25, -0.2) is 0 Å². The first kappa shape index (κ1) is 25.1. The summed E-state index contributed by atoms with van der Waals surface area (Å²) in [6, 6.07) is 20.8. The number of nitrogens with zero attached hydrogens (tertiary/aromatic N) is 5. The summed E-state index contributed by atoms with van der Waals surface area (Å²) in [7, 11) is 1.62. The quantitative estimate of drug-likeness (QED) is 0.585. The Labute approximate surface area is 209 Å². The van der Waals surface area contributed by atoms with Gasteiger partial charge >= 0.3 is 0 Å². The highest BCUT2D eigenvalue weighted by molar-refractivity contribution is 5.93. The Hall–Kier alpha value is -3.03. The van der Waals surface area contributed by atoms with Gasteiger partial charge in [-0.05, 0) is 50.4 Å². The summed E-state index contributed by atoms with van der Waals surface area (Å²) in [6.07, 6.45) is 7.36. The Bertz CT molecular complexity index is 1030. The van der Waals surface area contributed by atoms with Crippen LogP contribution in [0.2, 0.25) is 0 Å². The summed E-state index contributed by atoms with van der Waals surface area (Å²) >= 11 is 0. The van der Waals surface area contributed by atoms with Crippen molar-refractivity contribution in [3.63, 3.8) is 0 Å². The molecule has 5 rings (SSSR count). The molecule has 0 radical (unpaired) electrons. The van der Waals surface area contributed by atoms with Crippen molar-refractivity contribution >= 4 is 5.91 Å². The van der Waals surface area contributed by atoms with E-state index in [4.69, 9.17) is 0 Å². The van der Waals surface area contributed by atoms with Crippen LogP contribution in [0.3, 0.4) is 0 Å². The smallest absolute Gasteiger partial charge is 0.251 e. The van der Waals surface area contributed by atoms with E-state index in [1.165, 1.54) is 44.3 Å². The fraction of sp³-hybridized carbons (Fsp3) is 0.464. The molecule has 186 valence electrons. The average Bonchev–Trinajstić information content (AvgIpc) is 3.20. The second kappa shape index (κ2) is 12.6. The number of nitrogens with one attached hydrogen (secondary N) is 1. The summed E-state index contributed by atoms with van der Waals surface area (Å²) in [5.74, 6) is 1.04. The van der Waals surface area contributed by atoms with Crippen molar-refractivity contribution < 1.29 is 4.79 Å². The van der Waals surface area contributed by atoms with Gasteiger partial charge in [0.15, 0.2) is 0 Å². The SMILES string of the molecule is CC(c1nncn1Cc1ccccc1)N1CCCN(C2CCC2)CC1.CNC(=O)c1ccccc1. The molecule has 1 aliphatic heterocycles. The molecule has 1 amide bonds. The van der Waals surface area contributed by atoms with Crippen LogP contribution in [0.25, 0.3) is 0 Å². The lowest BCUT2D eigenvalue weighted by Gasteiger charge is -2.37. The van der Waals surface area contributed by atoms with Crippen LogP contribution in [-0.2, 0) is 6.54 Å². The van der Waals surface area contributed by atoms with E-state index in [1.54, 1.807) is 19.2 Å². The maximum atomic E-state index is 10.9. The van der Waals surface area contributed by atoms with Crippen molar-refractivity contribution in [1.82, 2.24) is 29.9 Å². The van der Waals surface area contributed by atoms with Gasteiger partial charge in [0.25, 0.3) is 5.91 Å². The Morgan fingerprint density at radius 2 is 1.69 bits per heavy atom. The van der Waals surface area contributed by atoms with E-state index in [9.17, 15) is 4.79 Å². The standard InChI is InChI=1S/C20H29N5.C8H9NO/c1-17(23-11-6-12-24(14-13-23)19-9-5-10-19)20-22-21-16-25(20)15-18-7-3-2-4-8-18;1-9-8(10)7-5-3-2-4-6-7/h2-4,7-8,16-17,19H,5-6,9-15H2,1H3;2-6H,1H3,(H,9,10). The van der Waals surface area contributed by atoms with E-state index in [0.717, 1.165) is 31.5 Å². The van der Waals surface area contributed by atoms with Crippen molar-refractivity contribution in [2.75, 3.05) is 33.2 Å². The second-order valence-corrected chi connectivity index (χ2v) is 9.43. The van der Waals surface area contributed by atoms with Crippen LogP contribution in [0, 0.1) is 0 Å². The van der Waals surface area contributed by atoms with Crippen LogP contribution in [0.4, 0.5) is 0 Å². The maximum absolute atomic E-state index is 10.9. The molecule has 1 aromatic heterocycles. The number of carbonyl (C=O) groups is 1. The van der Waals surface area contributed by atoms with Crippen LogP contribution in [-0.4, -0.2) is 69.7 Å². The van der Waals surface area contributed by atoms with Crippen LogP contribution in [0.15, 0.2) is 67.0 Å². The summed E-state index contributed by atoms with van der Waals surface area (Å²) in [5, 5.41) is 11.2. The molecule has 1 N–H and O–H groups in total. The number of aromatic nitrogens is 3. The van der Waals surface area contributed by atoms with Gasteiger partial charge in [0.1, 0.15) is 12.2 Å². The molecule has 2 aliphatic rings. The molecule has 35 heavy (non-hydrogen) atoms. The van der Waals surface area contributed by atoms with Gasteiger partial charge in [0.05, 0.1) is 12.6 Å². The van der Waals surface area contributed by atoms with Gasteiger partial charge in [0, 0.05) is 38.3 Å². The van der Waals surface area contributed by atoms with E-state index >= 15 is 0 Å². The van der Waals surface area contributed by atoms with Gasteiger partial charge in [-0.15, -0.1) is 10.2 Å². The average molecular weight is 475 g/mol. The molecule has 7 heteroatoms. The first-order valence-electron chi connectivity index (χ1n) is 12.8. The van der Waals surface area contributed by atoms with Gasteiger partial charge in [0.2, 0.25) is 0 Å². The number of hydrogen-bond acceptors (Lipinski definition) is 5. The van der Waals surface area contributed by atoms with E-state index in [-0.39, 0.29) is 5.91 Å². The maximum Gasteiger partial charge on any atom is 0.251 e. The number of benzene rings is 2. The van der Waals surface area contributed by atoms with Crippen molar-refractivity contribution in [3.8, 4) is 0 Å². The zero-order valence-corrected chi connectivity index (χ0v) is 21.0. The second-order valence-electron chi connectivity index (χ2n) is 9.43. The lowest BCUT2D eigenvalue weighted by molar-refractivity contribution is 0.0963. The Morgan fingerprint density at radius 3 is 2.34 bits per heavy atom. The number of rotatable bonds is 6. The van der Waals surface area contributed by atoms with Crippen LogP contribution < -0.4 is 5.32 Å². The fourth-order valence-corrected chi connectivity index (χ4v) is 4.85. The largest absolute Gasteiger partial charge is 0.355 e. The van der Waals surface area contributed by atoms with E-state index in [0.29, 0.717) is 11.6 Å². The highest BCUT2D eigenvalue weighted by Gasteiger charge is 2.29. The van der Waals surface area contributed by atoms with Gasteiger partial charge in [-0.2, -0.15) is 0 Å². The van der Waals surface area contributed by atoms with E-state index in [1.807, 2.05) is 24.5 Å². The first-order chi connectivity index (χ1) is 17.2. The van der Waals surface area contributed by atoms with Crippen molar-refractivity contribution in [2.24, 2.45) is 0 Å². The van der Waals surface area contributed by atoms with Crippen LogP contribution in [0.1, 0.15) is 60.4 Å². The first-order valence-corrected chi connectivity index (χ1v) is 12.8. The third-order valence-corrected chi connectivity index (χ3v) is 7.18. The number of carbonyl (C=O) groups excluding carboxylic acids is 1. The normalized spacial score (nSPS) is 18.0. The topological polar surface area (TPSA) is 66.3 Å². The predicted octanol–water partition coefficient (Wildman–Crippen LogP) is 3.99. The molecule has 1 saturated heterocycles. The third-order valence-electron chi connectivity index (χ3n) is 7.18. The molecule has 3 aromatic rings. The van der Waals surface area contributed by atoms with Crippen LogP contribution >= 0.6 is 0 Å². The Balaban J connectivity index is 0.000000243. The molecular formula is C28H38N6O. The zero-order valence-electron chi connectivity index (χ0n) is 21.0. The highest BCUT2D eigenvalue weighted by atomic mass is 16.1. The fourth-order valence-electron chi connectivity index (χ4n) is 4.85. The van der Waals surface area contributed by atoms with Crippen molar-refractivity contribution in [2.45, 2.75) is 51.2 Å². The molecule has 1 unspecified atom stereocenters. The van der Waals surface area contributed by atoms with Gasteiger partial charge in [-0.1, -0.05) is 55.0 Å². The summed E-state index contributed by atoms with van der Waals surface area (Å²) in [6.45, 7) is 7.87. The Morgan fingerprint density at radius 1 is 0.971 bits per heavy atom. The Kier molecular flexibility index (Phi) is 9.03. The molecule has 2 heterocycles. The lowest BCUT2D eigenvalue weighted by atomic mass is 9.91. The van der Waals surface area contributed by atoms with E-state index in [2.05, 4.69) is 67.1 Å². The molecule has 2 fully saturated rings. The highest BCUT2D eigenvalue weighted by Crippen LogP contribution is 2.27. The summed E-state index contributed by atoms with van der Waals surface area (Å²) < 4.78 is 2.20. The molecule has 2 aromatic carbocycles. The number of hydrogen-bond donors (Lipinski definition) is 1. The minimum absolute atomic E-state index is 0.0411. The van der Waals surface area contributed by atoms with Gasteiger partial charge in [-0.3, -0.25) is 14.6 Å². The molecular weight excluding hydrogens is 436 g/mol. The lowest BCUT2D eigenvalue weighted by Crippen LogP contribution is -2.42. The van der Waals surface area contributed by atoms with Crippen molar-refractivity contribution in [1.29, 1.82) is 0 Å². The van der Waals surface area contributed by atoms with Crippen LogP contribution in [0.5, 0.6) is 0 Å². The van der Waals surface area contributed by atoms with Crippen molar-refractivity contribution in [3.05, 3.63) is 83.9 Å². The molecule has 1 saturated carbocycles. The van der Waals surface area contributed by atoms with E-state index < -0.39 is 0 Å². The zero-order chi connectivity index (χ0) is 24.5. The molecule has 7 nitrogen and oxygen atoms in total. The molecule has 1 aliphatic carbocycles. The van der Waals surface area contributed by atoms with Gasteiger partial charge < -0.3 is 9.88 Å². The minimum Gasteiger partial charge on any atom is -0.355 e. The summed E-state index contributed by atoms with van der Waals surface area (Å²) in [4.78, 5) is 16.2.